The average Bonchev–Trinajstić information content (AvgIpc) is 3.01. The van der Waals surface area contributed by atoms with Crippen LogP contribution in [-0.2, 0) is 13.0 Å². The molecule has 106 valence electrons. The second-order valence-corrected chi connectivity index (χ2v) is 5.89. The third-order valence-electron chi connectivity index (χ3n) is 3.37. The first-order chi connectivity index (χ1) is 10.2. The van der Waals surface area contributed by atoms with E-state index in [0.29, 0.717) is 18.5 Å². The van der Waals surface area contributed by atoms with Gasteiger partial charge in [0, 0.05) is 17.5 Å². The van der Waals surface area contributed by atoms with Gasteiger partial charge in [-0.25, -0.2) is 0 Å². The number of hydrogen-bond acceptors (Lipinski definition) is 3. The lowest BCUT2D eigenvalue weighted by Crippen LogP contribution is -2.23. The molecular formula is C17H15NO2S. The Bertz CT molecular complexity index is 776. The van der Waals surface area contributed by atoms with Crippen molar-refractivity contribution in [3.63, 3.8) is 0 Å². The highest BCUT2D eigenvalue weighted by atomic mass is 32.1. The highest BCUT2D eigenvalue weighted by Crippen LogP contribution is 2.17. The van der Waals surface area contributed by atoms with Crippen LogP contribution in [0.25, 0.3) is 0 Å². The van der Waals surface area contributed by atoms with Crippen molar-refractivity contribution in [3.05, 3.63) is 86.5 Å². The van der Waals surface area contributed by atoms with Gasteiger partial charge < -0.3 is 9.67 Å². The molecule has 4 heteroatoms. The molecule has 0 bridgehead atoms. The molecule has 21 heavy (non-hydrogen) atoms. The quantitative estimate of drug-likeness (QED) is 0.803. The molecule has 0 radical (unpaired) electrons. The fourth-order valence-corrected chi connectivity index (χ4v) is 2.98. The van der Waals surface area contributed by atoms with Crippen LogP contribution in [0.4, 0.5) is 0 Å². The molecular weight excluding hydrogens is 282 g/mol. The summed E-state index contributed by atoms with van der Waals surface area (Å²) < 4.78 is 1.64. The maximum atomic E-state index is 12.5. The van der Waals surface area contributed by atoms with E-state index in [1.807, 2.05) is 47.8 Å². The van der Waals surface area contributed by atoms with E-state index in [4.69, 9.17) is 0 Å². The van der Waals surface area contributed by atoms with Crippen LogP contribution in [0.3, 0.4) is 0 Å². The minimum Gasteiger partial charge on any atom is -0.507 e. The number of aromatic hydroxyl groups is 1. The zero-order chi connectivity index (χ0) is 14.7. The highest BCUT2D eigenvalue weighted by Gasteiger charge is 2.10. The molecule has 3 nitrogen and oxygen atoms in total. The van der Waals surface area contributed by atoms with Gasteiger partial charge in [-0.2, -0.15) is 0 Å². The topological polar surface area (TPSA) is 42.2 Å². The summed E-state index contributed by atoms with van der Waals surface area (Å²) in [6, 6.07) is 15.3. The van der Waals surface area contributed by atoms with Crippen molar-refractivity contribution in [3.8, 4) is 5.75 Å². The standard InChI is InChI=1S/C17H15NO2S/c19-16-8-9-18(12-14-7-4-10-21-14)17(20)15(16)11-13-5-2-1-3-6-13/h1-10,19H,11-12H2. The molecule has 0 amide bonds. The number of benzene rings is 1. The zero-order valence-corrected chi connectivity index (χ0v) is 12.2. The van der Waals surface area contributed by atoms with Gasteiger partial charge in [0.2, 0.25) is 0 Å². The summed E-state index contributed by atoms with van der Waals surface area (Å²) in [5.41, 5.74) is 1.33. The Morgan fingerprint density at radius 1 is 1.05 bits per heavy atom. The number of thiophene rings is 1. The van der Waals surface area contributed by atoms with Crippen molar-refractivity contribution < 1.29 is 5.11 Å². The zero-order valence-electron chi connectivity index (χ0n) is 11.4. The van der Waals surface area contributed by atoms with Crippen molar-refractivity contribution in [1.29, 1.82) is 0 Å². The summed E-state index contributed by atoms with van der Waals surface area (Å²) >= 11 is 1.62. The minimum absolute atomic E-state index is 0.0614. The van der Waals surface area contributed by atoms with Crippen LogP contribution in [0.1, 0.15) is 16.0 Å². The van der Waals surface area contributed by atoms with Crippen LogP contribution < -0.4 is 5.56 Å². The molecule has 0 aliphatic rings. The first-order valence-electron chi connectivity index (χ1n) is 6.71. The summed E-state index contributed by atoms with van der Waals surface area (Å²) in [4.78, 5) is 13.6. The number of pyridine rings is 1. The summed E-state index contributed by atoms with van der Waals surface area (Å²) in [7, 11) is 0. The maximum absolute atomic E-state index is 12.5. The van der Waals surface area contributed by atoms with Crippen LogP contribution >= 0.6 is 11.3 Å². The van der Waals surface area contributed by atoms with Crippen LogP contribution in [0.5, 0.6) is 5.75 Å². The highest BCUT2D eigenvalue weighted by molar-refractivity contribution is 7.09. The Labute approximate surface area is 126 Å². The first kappa shape index (κ1) is 13.6. The van der Waals surface area contributed by atoms with Crippen LogP contribution in [0.15, 0.2) is 64.9 Å². The molecule has 0 atom stereocenters. The van der Waals surface area contributed by atoms with Crippen molar-refractivity contribution in [2.24, 2.45) is 0 Å². The van der Waals surface area contributed by atoms with E-state index in [1.165, 1.54) is 0 Å². The summed E-state index contributed by atoms with van der Waals surface area (Å²) in [5, 5.41) is 12.0. The Hall–Kier alpha value is -2.33. The molecule has 3 rings (SSSR count). The molecule has 1 aromatic carbocycles. The minimum atomic E-state index is -0.132. The molecule has 1 N–H and O–H groups in total. The molecule has 0 spiro atoms. The van der Waals surface area contributed by atoms with E-state index >= 15 is 0 Å². The van der Waals surface area contributed by atoms with Crippen molar-refractivity contribution in [2.75, 3.05) is 0 Å². The van der Waals surface area contributed by atoms with Gasteiger partial charge in [-0.15, -0.1) is 11.3 Å². The van der Waals surface area contributed by atoms with Crippen LogP contribution in [0, 0.1) is 0 Å². The Morgan fingerprint density at radius 3 is 2.57 bits per heavy atom. The maximum Gasteiger partial charge on any atom is 0.258 e. The number of aromatic nitrogens is 1. The predicted octanol–water partition coefficient (Wildman–Crippen LogP) is 3.25. The summed E-state index contributed by atoms with van der Waals surface area (Å²) in [5.74, 6) is 0.0614. The van der Waals surface area contributed by atoms with E-state index < -0.39 is 0 Å². The van der Waals surface area contributed by atoms with Gasteiger partial charge in [0.1, 0.15) is 5.75 Å². The first-order valence-corrected chi connectivity index (χ1v) is 7.59. The molecule has 0 fully saturated rings. The second-order valence-electron chi connectivity index (χ2n) is 4.85. The molecule has 2 heterocycles. The monoisotopic (exact) mass is 297 g/mol. The lowest BCUT2D eigenvalue weighted by molar-refractivity contribution is 0.464. The van der Waals surface area contributed by atoms with Gasteiger partial charge in [-0.3, -0.25) is 4.79 Å². The molecule has 0 saturated carbocycles. The van der Waals surface area contributed by atoms with Gasteiger partial charge >= 0.3 is 0 Å². The van der Waals surface area contributed by atoms with Gasteiger partial charge in [0.25, 0.3) is 5.56 Å². The van der Waals surface area contributed by atoms with Gasteiger partial charge in [-0.1, -0.05) is 36.4 Å². The molecule has 3 aromatic rings. The molecule has 0 unspecified atom stereocenters. The molecule has 0 aliphatic carbocycles. The van der Waals surface area contributed by atoms with Gasteiger partial charge in [-0.05, 0) is 23.1 Å². The van der Waals surface area contributed by atoms with Gasteiger partial charge in [0.05, 0.1) is 12.1 Å². The molecule has 0 aliphatic heterocycles. The van der Waals surface area contributed by atoms with Gasteiger partial charge in [0.15, 0.2) is 0 Å². The van der Waals surface area contributed by atoms with E-state index in [2.05, 4.69) is 0 Å². The Balaban J connectivity index is 1.95. The number of nitrogens with zero attached hydrogens (tertiary/aromatic N) is 1. The third kappa shape index (κ3) is 3.06. The van der Waals surface area contributed by atoms with Crippen LogP contribution in [-0.4, -0.2) is 9.67 Å². The molecule has 0 saturated heterocycles. The summed E-state index contributed by atoms with van der Waals surface area (Å²) in [6.45, 7) is 0.540. The fraction of sp³-hybridized carbons (Fsp3) is 0.118. The SMILES string of the molecule is O=c1c(Cc2ccccc2)c(O)ccn1Cc1cccs1. The normalized spacial score (nSPS) is 10.7. The summed E-state index contributed by atoms with van der Waals surface area (Å²) in [6.07, 6.45) is 2.09. The van der Waals surface area contributed by atoms with E-state index in [1.54, 1.807) is 28.2 Å². The van der Waals surface area contributed by atoms with Crippen molar-refractivity contribution in [1.82, 2.24) is 4.57 Å². The third-order valence-corrected chi connectivity index (χ3v) is 4.23. The lowest BCUT2D eigenvalue weighted by atomic mass is 10.1. The smallest absolute Gasteiger partial charge is 0.258 e. The van der Waals surface area contributed by atoms with E-state index in [9.17, 15) is 9.90 Å². The molecule has 2 aromatic heterocycles. The van der Waals surface area contributed by atoms with E-state index in [0.717, 1.165) is 10.4 Å². The Morgan fingerprint density at radius 2 is 1.86 bits per heavy atom. The van der Waals surface area contributed by atoms with Crippen molar-refractivity contribution >= 4 is 11.3 Å². The number of hydrogen-bond donors (Lipinski definition) is 1. The second kappa shape index (κ2) is 5.97. The number of rotatable bonds is 4. The van der Waals surface area contributed by atoms with E-state index in [-0.39, 0.29) is 11.3 Å². The van der Waals surface area contributed by atoms with Crippen LogP contribution in [0.2, 0.25) is 0 Å². The predicted molar refractivity (Wildman–Crippen MR) is 85.0 cm³/mol. The fourth-order valence-electron chi connectivity index (χ4n) is 2.27. The largest absolute Gasteiger partial charge is 0.507 e. The lowest BCUT2D eigenvalue weighted by Gasteiger charge is -2.09. The van der Waals surface area contributed by atoms with Crippen molar-refractivity contribution in [2.45, 2.75) is 13.0 Å². The average molecular weight is 297 g/mol. The Kier molecular flexibility index (Phi) is 3.88.